The van der Waals surface area contributed by atoms with Crippen molar-refractivity contribution in [2.45, 2.75) is 32.4 Å². The minimum atomic E-state index is -0.571. The molecule has 2 N–H and O–H groups in total. The molecule has 0 saturated carbocycles. The van der Waals surface area contributed by atoms with E-state index < -0.39 is 6.10 Å². The van der Waals surface area contributed by atoms with Crippen molar-refractivity contribution in [3.05, 3.63) is 30.3 Å². The maximum Gasteiger partial charge on any atom is 0.261 e. The highest BCUT2D eigenvalue weighted by Crippen LogP contribution is 2.10. The van der Waals surface area contributed by atoms with Gasteiger partial charge in [0.1, 0.15) is 5.75 Å². The average Bonchev–Trinajstić information content (AvgIpc) is 2.36. The van der Waals surface area contributed by atoms with Crippen molar-refractivity contribution in [1.29, 1.82) is 0 Å². The zero-order chi connectivity index (χ0) is 12.7. The molecule has 1 rings (SSSR count). The monoisotopic (exact) mass is 237 g/mol. The number of rotatable bonds is 6. The Hall–Kier alpha value is -1.55. The number of ether oxygens (including phenoxy) is 1. The van der Waals surface area contributed by atoms with E-state index in [9.17, 15) is 4.79 Å². The smallest absolute Gasteiger partial charge is 0.261 e. The molecule has 1 unspecified atom stereocenters. The Bertz CT molecular complexity index is 336. The van der Waals surface area contributed by atoms with Gasteiger partial charge >= 0.3 is 0 Å². The van der Waals surface area contributed by atoms with Crippen molar-refractivity contribution in [3.8, 4) is 5.75 Å². The van der Waals surface area contributed by atoms with Crippen LogP contribution >= 0.6 is 0 Å². The van der Waals surface area contributed by atoms with E-state index in [0.29, 0.717) is 12.2 Å². The molecule has 1 aromatic rings. The van der Waals surface area contributed by atoms with Gasteiger partial charge in [0, 0.05) is 0 Å². The van der Waals surface area contributed by atoms with E-state index in [0.717, 1.165) is 0 Å². The lowest BCUT2D eigenvalue weighted by Gasteiger charge is -2.18. The lowest BCUT2D eigenvalue weighted by Crippen LogP contribution is -2.43. The summed E-state index contributed by atoms with van der Waals surface area (Å²) in [4.78, 5) is 11.7. The fraction of sp³-hybridized carbons (Fsp3) is 0.462. The predicted molar refractivity (Wildman–Crippen MR) is 65.8 cm³/mol. The van der Waals surface area contributed by atoms with Crippen LogP contribution < -0.4 is 10.1 Å². The van der Waals surface area contributed by atoms with Crippen molar-refractivity contribution in [2.75, 3.05) is 6.61 Å². The number of benzene rings is 1. The van der Waals surface area contributed by atoms with Crippen molar-refractivity contribution >= 4 is 5.91 Å². The van der Waals surface area contributed by atoms with Gasteiger partial charge in [0.05, 0.1) is 12.6 Å². The molecule has 0 radical (unpaired) electrons. The molecule has 0 heterocycles. The topological polar surface area (TPSA) is 58.6 Å². The summed E-state index contributed by atoms with van der Waals surface area (Å²) in [5, 5.41) is 11.7. The summed E-state index contributed by atoms with van der Waals surface area (Å²) in [6, 6.07) is 8.98. The minimum absolute atomic E-state index is 0.0553. The number of nitrogens with one attached hydrogen (secondary N) is 1. The molecule has 4 nitrogen and oxygen atoms in total. The standard InChI is InChI=1S/C13H19NO3/c1-3-11(9-15)14-13(16)10(2)17-12-7-5-4-6-8-12/h4-8,10-11,15H,3,9H2,1-2H3,(H,14,16)/t10?,11-/m1/s1. The van der Waals surface area contributed by atoms with E-state index in [-0.39, 0.29) is 18.6 Å². The van der Waals surface area contributed by atoms with Crippen LogP contribution in [0.2, 0.25) is 0 Å². The normalized spacial score (nSPS) is 13.8. The van der Waals surface area contributed by atoms with Gasteiger partial charge in [-0.15, -0.1) is 0 Å². The van der Waals surface area contributed by atoms with E-state index in [1.54, 1.807) is 19.1 Å². The van der Waals surface area contributed by atoms with Crippen LogP contribution in [-0.4, -0.2) is 29.8 Å². The van der Waals surface area contributed by atoms with E-state index in [1.807, 2.05) is 25.1 Å². The van der Waals surface area contributed by atoms with Crippen LogP contribution in [0, 0.1) is 0 Å². The van der Waals surface area contributed by atoms with Gasteiger partial charge in [-0.3, -0.25) is 4.79 Å². The SMILES string of the molecule is CC[C@H](CO)NC(=O)C(C)Oc1ccccc1. The Morgan fingerprint density at radius 3 is 2.59 bits per heavy atom. The van der Waals surface area contributed by atoms with Gasteiger partial charge in [-0.05, 0) is 25.5 Å². The molecule has 0 aromatic heterocycles. The molecule has 0 aliphatic carbocycles. The quantitative estimate of drug-likeness (QED) is 0.785. The number of para-hydroxylation sites is 1. The molecule has 0 fully saturated rings. The molecule has 0 saturated heterocycles. The second-order valence-corrected chi connectivity index (χ2v) is 3.87. The Morgan fingerprint density at radius 1 is 1.41 bits per heavy atom. The Labute approximate surface area is 102 Å². The summed E-state index contributed by atoms with van der Waals surface area (Å²) in [7, 11) is 0. The van der Waals surface area contributed by atoms with Crippen LogP contribution in [0.3, 0.4) is 0 Å². The Balaban J connectivity index is 2.47. The fourth-order valence-corrected chi connectivity index (χ4v) is 1.35. The molecular formula is C13H19NO3. The number of amides is 1. The van der Waals surface area contributed by atoms with Crippen molar-refractivity contribution in [2.24, 2.45) is 0 Å². The van der Waals surface area contributed by atoms with Crippen molar-refractivity contribution in [3.63, 3.8) is 0 Å². The Kier molecular flexibility index (Phi) is 5.49. The molecule has 0 aliphatic rings. The molecule has 4 heteroatoms. The first kappa shape index (κ1) is 13.5. The third kappa shape index (κ3) is 4.44. The maximum atomic E-state index is 11.7. The van der Waals surface area contributed by atoms with Crippen LogP contribution in [-0.2, 0) is 4.79 Å². The molecule has 0 aliphatic heterocycles. The molecule has 0 bridgehead atoms. The van der Waals surface area contributed by atoms with Gasteiger partial charge in [-0.2, -0.15) is 0 Å². The summed E-state index contributed by atoms with van der Waals surface area (Å²) in [5.41, 5.74) is 0. The minimum Gasteiger partial charge on any atom is -0.481 e. The summed E-state index contributed by atoms with van der Waals surface area (Å²) in [6.07, 6.45) is 0.123. The molecule has 1 aromatic carbocycles. The lowest BCUT2D eigenvalue weighted by atomic mass is 10.2. The first-order valence-corrected chi connectivity index (χ1v) is 5.80. The van der Waals surface area contributed by atoms with E-state index in [1.165, 1.54) is 0 Å². The number of hydrogen-bond acceptors (Lipinski definition) is 3. The van der Waals surface area contributed by atoms with Crippen LogP contribution in [0.25, 0.3) is 0 Å². The van der Waals surface area contributed by atoms with E-state index >= 15 is 0 Å². The second kappa shape index (κ2) is 6.91. The highest BCUT2D eigenvalue weighted by Gasteiger charge is 2.17. The summed E-state index contributed by atoms with van der Waals surface area (Å²) in [6.45, 7) is 3.54. The molecule has 17 heavy (non-hydrogen) atoms. The first-order valence-electron chi connectivity index (χ1n) is 5.80. The van der Waals surface area contributed by atoms with Crippen molar-refractivity contribution in [1.82, 2.24) is 5.32 Å². The maximum absolute atomic E-state index is 11.7. The van der Waals surface area contributed by atoms with E-state index in [2.05, 4.69) is 5.32 Å². The highest BCUT2D eigenvalue weighted by molar-refractivity contribution is 5.81. The second-order valence-electron chi connectivity index (χ2n) is 3.87. The van der Waals surface area contributed by atoms with Crippen LogP contribution in [0.15, 0.2) is 30.3 Å². The lowest BCUT2D eigenvalue weighted by molar-refractivity contribution is -0.128. The first-order chi connectivity index (χ1) is 8.17. The number of hydrogen-bond donors (Lipinski definition) is 2. The van der Waals surface area contributed by atoms with Gasteiger partial charge in [0.25, 0.3) is 5.91 Å². The number of aliphatic hydroxyl groups is 1. The van der Waals surface area contributed by atoms with Crippen LogP contribution in [0.1, 0.15) is 20.3 Å². The zero-order valence-electron chi connectivity index (χ0n) is 10.2. The predicted octanol–water partition coefficient (Wildman–Crippen LogP) is 1.34. The number of carbonyl (C=O) groups is 1. The van der Waals surface area contributed by atoms with Gasteiger partial charge < -0.3 is 15.2 Å². The average molecular weight is 237 g/mol. The van der Waals surface area contributed by atoms with Gasteiger partial charge in [-0.25, -0.2) is 0 Å². The van der Waals surface area contributed by atoms with Crippen LogP contribution in [0.5, 0.6) is 5.75 Å². The van der Waals surface area contributed by atoms with E-state index in [4.69, 9.17) is 9.84 Å². The number of aliphatic hydroxyl groups excluding tert-OH is 1. The van der Waals surface area contributed by atoms with Gasteiger partial charge in [0.2, 0.25) is 0 Å². The Morgan fingerprint density at radius 2 is 2.06 bits per heavy atom. The molecule has 1 amide bonds. The van der Waals surface area contributed by atoms with Gasteiger partial charge in [-0.1, -0.05) is 25.1 Å². The third-order valence-electron chi connectivity index (χ3n) is 2.48. The zero-order valence-corrected chi connectivity index (χ0v) is 10.2. The third-order valence-corrected chi connectivity index (χ3v) is 2.48. The highest BCUT2D eigenvalue weighted by atomic mass is 16.5. The molecular weight excluding hydrogens is 218 g/mol. The summed E-state index contributed by atoms with van der Waals surface area (Å²) < 4.78 is 5.47. The van der Waals surface area contributed by atoms with Gasteiger partial charge in [0.15, 0.2) is 6.10 Å². The van der Waals surface area contributed by atoms with Crippen LogP contribution in [0.4, 0.5) is 0 Å². The van der Waals surface area contributed by atoms with Crippen molar-refractivity contribution < 1.29 is 14.6 Å². The number of carbonyl (C=O) groups excluding carboxylic acids is 1. The largest absolute Gasteiger partial charge is 0.481 e. The molecule has 0 spiro atoms. The summed E-state index contributed by atoms with van der Waals surface area (Å²) in [5.74, 6) is 0.446. The molecule has 2 atom stereocenters. The fourth-order valence-electron chi connectivity index (χ4n) is 1.35. The molecule has 94 valence electrons. The summed E-state index contributed by atoms with van der Waals surface area (Å²) >= 11 is 0.